The lowest BCUT2D eigenvalue weighted by atomic mass is 10.2. The molecule has 1 aromatic rings. The molecular weight excluding hydrogens is 204 g/mol. The third-order valence-electron chi connectivity index (χ3n) is 3.12. The normalized spacial score (nSPS) is 15.5. The van der Waals surface area contributed by atoms with Crippen LogP contribution in [-0.4, -0.2) is 34.1 Å². The van der Waals surface area contributed by atoms with Gasteiger partial charge in [0.25, 0.3) is 0 Å². The van der Waals surface area contributed by atoms with Crippen molar-refractivity contribution in [2.45, 2.75) is 32.4 Å². The molecule has 5 heteroatoms. The highest BCUT2D eigenvalue weighted by molar-refractivity contribution is 5.52. The Labute approximate surface area is 95.8 Å². The van der Waals surface area contributed by atoms with Gasteiger partial charge in [-0.1, -0.05) is 0 Å². The van der Waals surface area contributed by atoms with Gasteiger partial charge in [0.15, 0.2) is 0 Å². The molecule has 0 aliphatic heterocycles. The molecule has 0 unspecified atom stereocenters. The molecule has 5 nitrogen and oxygen atoms in total. The van der Waals surface area contributed by atoms with Gasteiger partial charge in [0.2, 0.25) is 0 Å². The van der Waals surface area contributed by atoms with Gasteiger partial charge in [-0.2, -0.15) is 5.10 Å². The summed E-state index contributed by atoms with van der Waals surface area (Å²) in [6.45, 7) is 3.32. The maximum absolute atomic E-state index is 9.13. The highest BCUT2D eigenvalue weighted by atomic mass is 16.3. The Morgan fingerprint density at radius 1 is 1.56 bits per heavy atom. The zero-order valence-corrected chi connectivity index (χ0v) is 9.98. The van der Waals surface area contributed by atoms with Crippen LogP contribution in [0.4, 0.5) is 5.82 Å². The van der Waals surface area contributed by atoms with Crippen molar-refractivity contribution in [1.82, 2.24) is 9.78 Å². The Hall–Kier alpha value is -1.07. The zero-order chi connectivity index (χ0) is 11.7. The van der Waals surface area contributed by atoms with Crippen molar-refractivity contribution in [1.29, 1.82) is 0 Å². The fourth-order valence-corrected chi connectivity index (χ4v) is 2.24. The minimum absolute atomic E-state index is 0.171. The van der Waals surface area contributed by atoms with E-state index in [0.717, 1.165) is 17.1 Å². The summed E-state index contributed by atoms with van der Waals surface area (Å²) in [6, 6.07) is 0.562. The third-order valence-corrected chi connectivity index (χ3v) is 3.12. The maximum atomic E-state index is 9.13. The lowest BCUT2D eigenvalue weighted by Crippen LogP contribution is -2.31. The molecular formula is C11H20N4O. The SMILES string of the molecule is Cc1nn(C)c(N(CCO)C2CC2)c1CN. The number of nitrogens with two attached hydrogens (primary N) is 1. The van der Waals surface area contributed by atoms with Crippen LogP contribution < -0.4 is 10.6 Å². The molecule has 0 bridgehead atoms. The molecule has 1 aliphatic carbocycles. The first-order chi connectivity index (χ1) is 7.69. The molecule has 1 aliphatic rings. The van der Waals surface area contributed by atoms with Gasteiger partial charge < -0.3 is 15.7 Å². The minimum atomic E-state index is 0.171. The van der Waals surface area contributed by atoms with Crippen LogP contribution in [0.2, 0.25) is 0 Å². The summed E-state index contributed by atoms with van der Waals surface area (Å²) < 4.78 is 1.88. The van der Waals surface area contributed by atoms with Crippen molar-refractivity contribution in [2.75, 3.05) is 18.1 Å². The summed E-state index contributed by atoms with van der Waals surface area (Å²) in [5, 5.41) is 13.5. The van der Waals surface area contributed by atoms with Crippen molar-refractivity contribution < 1.29 is 5.11 Å². The lowest BCUT2D eigenvalue weighted by molar-refractivity contribution is 0.300. The molecule has 2 rings (SSSR count). The molecule has 3 N–H and O–H groups in total. The van der Waals surface area contributed by atoms with Crippen LogP contribution in [0.3, 0.4) is 0 Å². The number of hydrogen-bond acceptors (Lipinski definition) is 4. The number of rotatable bonds is 5. The fraction of sp³-hybridized carbons (Fsp3) is 0.727. The molecule has 0 saturated heterocycles. The summed E-state index contributed by atoms with van der Waals surface area (Å²) >= 11 is 0. The number of hydrogen-bond donors (Lipinski definition) is 2. The second kappa shape index (κ2) is 4.43. The molecule has 0 aromatic carbocycles. The molecule has 16 heavy (non-hydrogen) atoms. The molecule has 1 saturated carbocycles. The Kier molecular flexibility index (Phi) is 3.16. The maximum Gasteiger partial charge on any atom is 0.131 e. The van der Waals surface area contributed by atoms with Crippen LogP contribution in [-0.2, 0) is 13.6 Å². The molecule has 1 aromatic heterocycles. The van der Waals surface area contributed by atoms with Gasteiger partial charge in [-0.15, -0.1) is 0 Å². The third kappa shape index (κ3) is 1.92. The summed E-state index contributed by atoms with van der Waals surface area (Å²) in [4.78, 5) is 2.24. The van der Waals surface area contributed by atoms with Crippen LogP contribution in [0.25, 0.3) is 0 Å². The first-order valence-electron chi connectivity index (χ1n) is 5.79. The van der Waals surface area contributed by atoms with Gasteiger partial charge in [0.05, 0.1) is 12.3 Å². The summed E-state index contributed by atoms with van der Waals surface area (Å²) in [6.07, 6.45) is 2.41. The number of aliphatic hydroxyl groups excluding tert-OH is 1. The predicted octanol–water partition coefficient (Wildman–Crippen LogP) is 0.148. The van der Waals surface area contributed by atoms with Crippen LogP contribution in [0.15, 0.2) is 0 Å². The minimum Gasteiger partial charge on any atom is -0.395 e. The number of aryl methyl sites for hydroxylation is 2. The Morgan fingerprint density at radius 2 is 2.25 bits per heavy atom. The van der Waals surface area contributed by atoms with Gasteiger partial charge in [-0.25, -0.2) is 0 Å². The first-order valence-corrected chi connectivity index (χ1v) is 5.79. The van der Waals surface area contributed by atoms with Crippen LogP contribution in [0.5, 0.6) is 0 Å². The number of anilines is 1. The van der Waals surface area contributed by atoms with E-state index < -0.39 is 0 Å². The van der Waals surface area contributed by atoms with E-state index in [2.05, 4.69) is 10.00 Å². The van der Waals surface area contributed by atoms with Crippen LogP contribution in [0, 0.1) is 6.92 Å². The Morgan fingerprint density at radius 3 is 2.75 bits per heavy atom. The fourth-order valence-electron chi connectivity index (χ4n) is 2.24. The second-order valence-corrected chi connectivity index (χ2v) is 4.36. The monoisotopic (exact) mass is 224 g/mol. The van der Waals surface area contributed by atoms with Crippen LogP contribution >= 0.6 is 0 Å². The quantitative estimate of drug-likeness (QED) is 0.747. The lowest BCUT2D eigenvalue weighted by Gasteiger charge is -2.24. The number of aliphatic hydroxyl groups is 1. The number of nitrogens with zero attached hydrogens (tertiary/aromatic N) is 3. The Bertz CT molecular complexity index is 370. The van der Waals surface area contributed by atoms with E-state index in [1.807, 2.05) is 18.7 Å². The van der Waals surface area contributed by atoms with Gasteiger partial charge >= 0.3 is 0 Å². The average molecular weight is 224 g/mol. The highest BCUT2D eigenvalue weighted by Crippen LogP contribution is 2.33. The van der Waals surface area contributed by atoms with Gasteiger partial charge in [0, 0.05) is 31.7 Å². The largest absolute Gasteiger partial charge is 0.395 e. The van der Waals surface area contributed by atoms with Gasteiger partial charge in [0.1, 0.15) is 5.82 Å². The van der Waals surface area contributed by atoms with E-state index in [1.165, 1.54) is 12.8 Å². The van der Waals surface area contributed by atoms with E-state index in [9.17, 15) is 0 Å². The highest BCUT2D eigenvalue weighted by Gasteiger charge is 2.32. The molecule has 0 atom stereocenters. The topological polar surface area (TPSA) is 67.3 Å². The summed E-state index contributed by atoms with van der Waals surface area (Å²) in [5.74, 6) is 1.08. The van der Waals surface area contributed by atoms with Crippen molar-refractivity contribution in [3.8, 4) is 0 Å². The van der Waals surface area contributed by atoms with Gasteiger partial charge in [-0.3, -0.25) is 4.68 Å². The van der Waals surface area contributed by atoms with E-state index in [1.54, 1.807) is 0 Å². The van der Waals surface area contributed by atoms with E-state index in [4.69, 9.17) is 10.8 Å². The van der Waals surface area contributed by atoms with Crippen molar-refractivity contribution in [3.05, 3.63) is 11.3 Å². The van der Waals surface area contributed by atoms with Gasteiger partial charge in [-0.05, 0) is 19.8 Å². The zero-order valence-electron chi connectivity index (χ0n) is 9.98. The van der Waals surface area contributed by atoms with Crippen LogP contribution in [0.1, 0.15) is 24.1 Å². The van der Waals surface area contributed by atoms with E-state index in [-0.39, 0.29) is 6.61 Å². The smallest absolute Gasteiger partial charge is 0.131 e. The standard InChI is InChI=1S/C11H20N4O/c1-8-10(7-12)11(14(2)13-8)15(5-6-16)9-3-4-9/h9,16H,3-7,12H2,1-2H3. The van der Waals surface area contributed by atoms with Crippen molar-refractivity contribution in [3.63, 3.8) is 0 Å². The van der Waals surface area contributed by atoms with Crippen molar-refractivity contribution in [2.24, 2.45) is 12.8 Å². The first kappa shape index (κ1) is 11.4. The molecule has 90 valence electrons. The van der Waals surface area contributed by atoms with E-state index in [0.29, 0.717) is 19.1 Å². The van der Waals surface area contributed by atoms with Crippen molar-refractivity contribution >= 4 is 5.82 Å². The molecule has 0 amide bonds. The summed E-state index contributed by atoms with van der Waals surface area (Å²) in [7, 11) is 1.94. The second-order valence-electron chi connectivity index (χ2n) is 4.36. The average Bonchev–Trinajstić information content (AvgIpc) is 3.02. The molecule has 0 spiro atoms. The molecule has 1 heterocycles. The molecule has 1 fully saturated rings. The Balaban J connectivity index is 2.35. The number of aromatic nitrogens is 2. The van der Waals surface area contributed by atoms with E-state index >= 15 is 0 Å². The predicted molar refractivity (Wildman–Crippen MR) is 63.3 cm³/mol. The summed E-state index contributed by atoms with van der Waals surface area (Å²) in [5.41, 5.74) is 7.87. The molecule has 0 radical (unpaired) electrons.